The number of anilines is 1. The Hall–Kier alpha value is -2.37. The van der Waals surface area contributed by atoms with Crippen LogP contribution in [0.25, 0.3) is 10.1 Å². The van der Waals surface area contributed by atoms with Crippen LogP contribution in [0.3, 0.4) is 0 Å². The number of unbranched alkanes of at least 4 members (excludes halogenated alkanes) is 1. The highest BCUT2D eigenvalue weighted by Crippen LogP contribution is 2.36. The molecule has 0 aliphatic carbocycles. The molecule has 0 unspecified atom stereocenters. The number of benzene rings is 2. The summed E-state index contributed by atoms with van der Waals surface area (Å²) < 4.78 is 6.32. The number of ether oxygens (including phenoxy) is 1. The molecule has 6 heteroatoms. The molecule has 140 valence electrons. The van der Waals surface area contributed by atoms with Crippen LogP contribution in [0.5, 0.6) is 0 Å². The third-order valence-corrected chi connectivity index (χ3v) is 5.40. The van der Waals surface area contributed by atoms with Crippen molar-refractivity contribution in [2.45, 2.75) is 26.2 Å². The maximum Gasteiger partial charge on any atom is 0.341 e. The summed E-state index contributed by atoms with van der Waals surface area (Å²) in [5.74, 6) is -0.589. The summed E-state index contributed by atoms with van der Waals surface area (Å²) in [4.78, 5) is 25.1. The van der Waals surface area contributed by atoms with Gasteiger partial charge in [0.1, 0.15) is 10.6 Å². The lowest BCUT2D eigenvalue weighted by Crippen LogP contribution is -2.16. The Morgan fingerprint density at radius 1 is 1.11 bits per heavy atom. The van der Waals surface area contributed by atoms with E-state index in [4.69, 9.17) is 16.3 Å². The van der Waals surface area contributed by atoms with E-state index in [0.29, 0.717) is 22.2 Å². The van der Waals surface area contributed by atoms with E-state index in [9.17, 15) is 9.59 Å². The van der Waals surface area contributed by atoms with Gasteiger partial charge in [-0.05, 0) is 30.2 Å². The van der Waals surface area contributed by atoms with Gasteiger partial charge in [0.15, 0.2) is 0 Å². The van der Waals surface area contributed by atoms with Crippen LogP contribution in [0.15, 0.2) is 48.5 Å². The molecule has 0 aliphatic rings. The summed E-state index contributed by atoms with van der Waals surface area (Å²) in [7, 11) is 0. The first kappa shape index (κ1) is 19.4. The quantitative estimate of drug-likeness (QED) is 0.408. The van der Waals surface area contributed by atoms with Crippen LogP contribution in [-0.2, 0) is 16.0 Å². The van der Waals surface area contributed by atoms with Crippen molar-refractivity contribution in [3.05, 3.63) is 64.7 Å². The number of nitrogens with one attached hydrogen (secondary N) is 1. The monoisotopic (exact) mass is 401 g/mol. The average molecular weight is 402 g/mol. The van der Waals surface area contributed by atoms with Crippen molar-refractivity contribution in [2.75, 3.05) is 11.9 Å². The SMILES string of the molecule is CCCCOC(=O)c1c(NC(=O)Cc2ccc(Cl)cc2)sc2ccccc12. The fourth-order valence-electron chi connectivity index (χ4n) is 2.68. The van der Waals surface area contributed by atoms with Gasteiger partial charge in [0.2, 0.25) is 5.91 Å². The number of rotatable bonds is 7. The Balaban J connectivity index is 1.82. The van der Waals surface area contributed by atoms with Crippen LogP contribution in [-0.4, -0.2) is 18.5 Å². The second kappa shape index (κ2) is 9.02. The number of hydrogen-bond donors (Lipinski definition) is 1. The topological polar surface area (TPSA) is 55.4 Å². The fourth-order valence-corrected chi connectivity index (χ4v) is 3.91. The molecule has 0 saturated carbocycles. The van der Waals surface area contributed by atoms with Crippen molar-refractivity contribution in [3.8, 4) is 0 Å². The molecule has 1 aromatic heterocycles. The molecule has 0 saturated heterocycles. The average Bonchev–Trinajstić information content (AvgIpc) is 3.01. The van der Waals surface area contributed by atoms with Crippen LogP contribution < -0.4 is 5.32 Å². The molecule has 3 aromatic rings. The van der Waals surface area contributed by atoms with Crippen molar-refractivity contribution in [1.82, 2.24) is 0 Å². The van der Waals surface area contributed by atoms with Crippen LogP contribution in [0.4, 0.5) is 5.00 Å². The highest BCUT2D eigenvalue weighted by atomic mass is 35.5. The molecular formula is C21H20ClNO3S. The minimum Gasteiger partial charge on any atom is -0.462 e. The van der Waals surface area contributed by atoms with Gasteiger partial charge in [-0.25, -0.2) is 4.79 Å². The van der Waals surface area contributed by atoms with Crippen LogP contribution in [0, 0.1) is 0 Å². The molecule has 1 heterocycles. The lowest BCUT2D eigenvalue weighted by molar-refractivity contribution is -0.115. The fraction of sp³-hybridized carbons (Fsp3) is 0.238. The summed E-state index contributed by atoms with van der Waals surface area (Å²) in [6.45, 7) is 2.41. The summed E-state index contributed by atoms with van der Waals surface area (Å²) >= 11 is 7.26. The number of esters is 1. The van der Waals surface area contributed by atoms with Crippen LogP contribution >= 0.6 is 22.9 Å². The zero-order valence-electron chi connectivity index (χ0n) is 15.0. The number of amides is 1. The summed E-state index contributed by atoms with van der Waals surface area (Å²) in [6, 6.07) is 14.7. The van der Waals surface area contributed by atoms with Crippen molar-refractivity contribution >= 4 is 49.9 Å². The number of thiophene rings is 1. The van der Waals surface area contributed by atoms with E-state index in [1.54, 1.807) is 12.1 Å². The van der Waals surface area contributed by atoms with E-state index in [1.807, 2.05) is 43.3 Å². The Bertz CT molecular complexity index is 950. The first-order valence-corrected chi connectivity index (χ1v) is 10.0. The Labute approximate surface area is 167 Å². The molecule has 0 atom stereocenters. The smallest absolute Gasteiger partial charge is 0.341 e. The predicted molar refractivity (Wildman–Crippen MR) is 111 cm³/mol. The number of fused-ring (bicyclic) bond motifs is 1. The maximum atomic E-state index is 12.6. The highest BCUT2D eigenvalue weighted by Gasteiger charge is 2.21. The summed E-state index contributed by atoms with van der Waals surface area (Å²) in [5.41, 5.74) is 1.28. The zero-order chi connectivity index (χ0) is 19.2. The Morgan fingerprint density at radius 3 is 2.59 bits per heavy atom. The molecule has 0 aliphatic heterocycles. The second-order valence-electron chi connectivity index (χ2n) is 6.14. The van der Waals surface area contributed by atoms with Crippen molar-refractivity contribution in [1.29, 1.82) is 0 Å². The Morgan fingerprint density at radius 2 is 1.85 bits per heavy atom. The third kappa shape index (κ3) is 4.87. The molecule has 0 spiro atoms. The minimum absolute atomic E-state index is 0.188. The van der Waals surface area contributed by atoms with E-state index in [0.717, 1.165) is 28.5 Å². The van der Waals surface area contributed by atoms with Gasteiger partial charge in [-0.15, -0.1) is 11.3 Å². The largest absolute Gasteiger partial charge is 0.462 e. The van der Waals surface area contributed by atoms with Gasteiger partial charge in [-0.1, -0.05) is 55.3 Å². The molecule has 0 fully saturated rings. The van der Waals surface area contributed by atoms with Gasteiger partial charge in [0, 0.05) is 15.1 Å². The maximum absolute atomic E-state index is 12.6. The van der Waals surface area contributed by atoms with E-state index >= 15 is 0 Å². The van der Waals surface area contributed by atoms with Gasteiger partial charge < -0.3 is 10.1 Å². The first-order valence-electron chi connectivity index (χ1n) is 8.81. The third-order valence-electron chi connectivity index (χ3n) is 4.06. The lowest BCUT2D eigenvalue weighted by atomic mass is 10.1. The summed E-state index contributed by atoms with van der Waals surface area (Å²) in [6.07, 6.45) is 1.96. The second-order valence-corrected chi connectivity index (χ2v) is 7.63. The van der Waals surface area contributed by atoms with E-state index in [2.05, 4.69) is 5.32 Å². The molecule has 3 rings (SSSR count). The number of carbonyl (C=O) groups excluding carboxylic acids is 2. The highest BCUT2D eigenvalue weighted by molar-refractivity contribution is 7.23. The normalized spacial score (nSPS) is 10.7. The van der Waals surface area contributed by atoms with Crippen LogP contribution in [0.2, 0.25) is 5.02 Å². The molecule has 0 bridgehead atoms. The molecule has 2 aromatic carbocycles. The molecule has 1 amide bonds. The van der Waals surface area contributed by atoms with Gasteiger partial charge >= 0.3 is 5.97 Å². The van der Waals surface area contributed by atoms with Crippen molar-refractivity contribution in [3.63, 3.8) is 0 Å². The summed E-state index contributed by atoms with van der Waals surface area (Å²) in [5, 5.41) is 4.83. The van der Waals surface area contributed by atoms with Crippen molar-refractivity contribution < 1.29 is 14.3 Å². The number of halogens is 1. The predicted octanol–water partition coefficient (Wildman–Crippen LogP) is 5.69. The lowest BCUT2D eigenvalue weighted by Gasteiger charge is -2.08. The first-order chi connectivity index (χ1) is 13.1. The molecule has 1 N–H and O–H groups in total. The zero-order valence-corrected chi connectivity index (χ0v) is 16.5. The van der Waals surface area contributed by atoms with Gasteiger partial charge in [-0.3, -0.25) is 4.79 Å². The Kier molecular flexibility index (Phi) is 6.48. The van der Waals surface area contributed by atoms with Crippen LogP contribution in [0.1, 0.15) is 35.7 Å². The molecule has 4 nitrogen and oxygen atoms in total. The molecule has 0 radical (unpaired) electrons. The van der Waals surface area contributed by atoms with Gasteiger partial charge in [0.25, 0.3) is 0 Å². The number of carbonyl (C=O) groups is 2. The van der Waals surface area contributed by atoms with Gasteiger partial charge in [-0.2, -0.15) is 0 Å². The van der Waals surface area contributed by atoms with E-state index < -0.39 is 5.97 Å². The standard InChI is InChI=1S/C21H20ClNO3S/c1-2-3-12-26-21(25)19-16-6-4-5-7-17(16)27-20(19)23-18(24)13-14-8-10-15(22)11-9-14/h4-11H,2-3,12-13H2,1H3,(H,23,24). The van der Waals surface area contributed by atoms with E-state index in [1.165, 1.54) is 11.3 Å². The number of hydrogen-bond acceptors (Lipinski definition) is 4. The minimum atomic E-state index is -0.400. The molecular weight excluding hydrogens is 382 g/mol. The van der Waals surface area contributed by atoms with E-state index in [-0.39, 0.29) is 12.3 Å². The molecule has 27 heavy (non-hydrogen) atoms. The van der Waals surface area contributed by atoms with Crippen molar-refractivity contribution in [2.24, 2.45) is 0 Å². The van der Waals surface area contributed by atoms with Gasteiger partial charge in [0.05, 0.1) is 13.0 Å².